The van der Waals surface area contributed by atoms with E-state index < -0.39 is 28.0 Å². The van der Waals surface area contributed by atoms with E-state index in [2.05, 4.69) is 15.3 Å². The van der Waals surface area contributed by atoms with Crippen LogP contribution in [0.15, 0.2) is 41.3 Å². The van der Waals surface area contributed by atoms with Crippen LogP contribution in [0.5, 0.6) is 5.88 Å². The lowest BCUT2D eigenvalue weighted by Crippen LogP contribution is -2.40. The SMILES string of the molecule is COc1ccc2nc(NC(=O)C(CC3CCCC3)c3ccc(S(=O)(=O)N4CCC[C@@H]4C(=O)O)cc3)sc2n1. The predicted molar refractivity (Wildman–Crippen MR) is 143 cm³/mol. The molecule has 202 valence electrons. The summed E-state index contributed by atoms with van der Waals surface area (Å²) in [6.07, 6.45) is 5.86. The number of aromatic nitrogens is 2. The molecule has 1 unspecified atom stereocenters. The number of amides is 1. The monoisotopic (exact) mass is 558 g/mol. The van der Waals surface area contributed by atoms with Crippen molar-refractivity contribution in [3.8, 4) is 5.88 Å². The molecule has 38 heavy (non-hydrogen) atoms. The van der Waals surface area contributed by atoms with E-state index in [9.17, 15) is 23.1 Å². The van der Waals surface area contributed by atoms with Gasteiger partial charge in [-0.2, -0.15) is 4.31 Å². The number of rotatable bonds is 9. The van der Waals surface area contributed by atoms with Crippen LogP contribution in [0.3, 0.4) is 0 Å². The summed E-state index contributed by atoms with van der Waals surface area (Å²) >= 11 is 1.27. The second-order valence-corrected chi connectivity index (χ2v) is 12.7. The lowest BCUT2D eigenvalue weighted by molar-refractivity contribution is -0.140. The molecular weight excluding hydrogens is 528 g/mol. The van der Waals surface area contributed by atoms with Crippen LogP contribution in [0, 0.1) is 5.92 Å². The van der Waals surface area contributed by atoms with Crippen LogP contribution in [-0.4, -0.2) is 59.4 Å². The summed E-state index contributed by atoms with van der Waals surface area (Å²) in [5.74, 6) is -0.945. The largest absolute Gasteiger partial charge is 0.481 e. The zero-order valence-corrected chi connectivity index (χ0v) is 22.6. The van der Waals surface area contributed by atoms with Crippen molar-refractivity contribution in [1.29, 1.82) is 0 Å². The average molecular weight is 559 g/mol. The number of aliphatic carboxylic acids is 1. The van der Waals surface area contributed by atoms with Crippen molar-refractivity contribution < 1.29 is 27.9 Å². The third-order valence-corrected chi connectivity index (χ3v) is 10.2. The Kier molecular flexibility index (Phi) is 7.64. The smallest absolute Gasteiger partial charge is 0.322 e. The number of hydrogen-bond acceptors (Lipinski definition) is 8. The summed E-state index contributed by atoms with van der Waals surface area (Å²) in [7, 11) is -2.42. The van der Waals surface area contributed by atoms with Crippen molar-refractivity contribution >= 4 is 48.7 Å². The first-order valence-electron chi connectivity index (χ1n) is 12.7. The van der Waals surface area contributed by atoms with E-state index in [-0.39, 0.29) is 17.3 Å². The molecule has 12 heteroatoms. The molecule has 2 fully saturated rings. The van der Waals surface area contributed by atoms with E-state index in [4.69, 9.17) is 4.74 Å². The number of carboxylic acids is 1. The number of nitrogens with one attached hydrogen (secondary N) is 1. The highest BCUT2D eigenvalue weighted by Crippen LogP contribution is 2.36. The number of carboxylic acid groups (broad SMARTS) is 1. The summed E-state index contributed by atoms with van der Waals surface area (Å²) in [6, 6.07) is 8.75. The molecule has 2 atom stereocenters. The first-order chi connectivity index (χ1) is 18.3. The summed E-state index contributed by atoms with van der Waals surface area (Å²) in [5, 5.41) is 12.8. The maximum atomic E-state index is 13.5. The lowest BCUT2D eigenvalue weighted by Gasteiger charge is -2.22. The molecule has 1 saturated carbocycles. The fraction of sp³-hybridized carbons (Fsp3) is 0.462. The maximum absolute atomic E-state index is 13.5. The fourth-order valence-corrected chi connectivity index (χ4v) is 7.90. The molecule has 0 radical (unpaired) electrons. The summed E-state index contributed by atoms with van der Waals surface area (Å²) in [6.45, 7) is 0.177. The van der Waals surface area contributed by atoms with Gasteiger partial charge in [-0.25, -0.2) is 18.4 Å². The number of nitrogens with zero attached hydrogens (tertiary/aromatic N) is 3. The molecule has 0 spiro atoms. The van der Waals surface area contributed by atoms with Gasteiger partial charge in [-0.05, 0) is 48.9 Å². The van der Waals surface area contributed by atoms with Gasteiger partial charge < -0.3 is 15.2 Å². The normalized spacial score (nSPS) is 19.6. The van der Waals surface area contributed by atoms with E-state index in [1.165, 1.54) is 30.6 Å². The van der Waals surface area contributed by atoms with Crippen LogP contribution < -0.4 is 10.1 Å². The van der Waals surface area contributed by atoms with Crippen LogP contribution in [0.25, 0.3) is 10.3 Å². The number of pyridine rings is 1. The Morgan fingerprint density at radius 1 is 1.11 bits per heavy atom. The van der Waals surface area contributed by atoms with Gasteiger partial charge in [0.25, 0.3) is 0 Å². The number of sulfonamides is 1. The van der Waals surface area contributed by atoms with Crippen molar-refractivity contribution in [3.05, 3.63) is 42.0 Å². The Labute approximate surface area is 225 Å². The van der Waals surface area contributed by atoms with Gasteiger partial charge in [-0.1, -0.05) is 49.2 Å². The Bertz CT molecular complexity index is 1430. The van der Waals surface area contributed by atoms with Crippen molar-refractivity contribution in [2.45, 2.75) is 61.8 Å². The third kappa shape index (κ3) is 5.38. The highest BCUT2D eigenvalue weighted by atomic mass is 32.2. The number of benzene rings is 1. The van der Waals surface area contributed by atoms with Crippen LogP contribution in [0.1, 0.15) is 56.4 Å². The fourth-order valence-electron chi connectivity index (χ4n) is 5.42. The molecule has 2 aromatic heterocycles. The number of methoxy groups -OCH3 is 1. The number of fused-ring (bicyclic) bond motifs is 1. The lowest BCUT2D eigenvalue weighted by atomic mass is 9.87. The van der Waals surface area contributed by atoms with Crippen LogP contribution in [0.4, 0.5) is 5.13 Å². The molecule has 10 nitrogen and oxygen atoms in total. The molecular formula is C26H30N4O6S2. The highest BCUT2D eigenvalue weighted by molar-refractivity contribution is 7.89. The molecule has 2 aliphatic rings. The number of hydrogen-bond donors (Lipinski definition) is 2. The Hall–Kier alpha value is -3.09. The van der Waals surface area contributed by atoms with Gasteiger partial charge >= 0.3 is 5.97 Å². The van der Waals surface area contributed by atoms with E-state index in [1.54, 1.807) is 24.3 Å². The van der Waals surface area contributed by atoms with Gasteiger partial charge in [0.2, 0.25) is 21.8 Å². The van der Waals surface area contributed by atoms with Gasteiger partial charge in [0.05, 0.1) is 17.9 Å². The molecule has 1 amide bonds. The Morgan fingerprint density at radius 3 is 2.53 bits per heavy atom. The van der Waals surface area contributed by atoms with Gasteiger partial charge in [-0.15, -0.1) is 0 Å². The van der Waals surface area contributed by atoms with E-state index in [0.717, 1.165) is 30.0 Å². The standard InChI is InChI=1S/C26H30N4O6S2/c1-36-22-13-12-20-24(28-22)37-26(27-20)29-23(31)19(15-16-5-2-3-6-16)17-8-10-18(11-9-17)38(34,35)30-14-4-7-21(30)25(32)33/h8-13,16,19,21H,2-7,14-15H2,1H3,(H,32,33)(H,27,29,31)/t19?,21-/m1/s1. The molecule has 1 aliphatic heterocycles. The molecule has 1 saturated heterocycles. The highest BCUT2D eigenvalue weighted by Gasteiger charge is 2.39. The first kappa shape index (κ1) is 26.5. The quantitative estimate of drug-likeness (QED) is 0.398. The first-order valence-corrected chi connectivity index (χ1v) is 15.0. The molecule has 1 aliphatic carbocycles. The van der Waals surface area contributed by atoms with Crippen molar-refractivity contribution in [2.24, 2.45) is 5.92 Å². The second kappa shape index (κ2) is 11.0. The van der Waals surface area contributed by atoms with Crippen molar-refractivity contribution in [1.82, 2.24) is 14.3 Å². The minimum atomic E-state index is -3.96. The Morgan fingerprint density at radius 2 is 1.84 bits per heavy atom. The number of carbonyl (C=O) groups excluding carboxylic acids is 1. The summed E-state index contributed by atoms with van der Waals surface area (Å²) < 4.78 is 32.6. The average Bonchev–Trinajstić information content (AvgIpc) is 3.67. The molecule has 1 aromatic carbocycles. The van der Waals surface area contributed by atoms with Crippen LogP contribution in [-0.2, 0) is 19.6 Å². The van der Waals surface area contributed by atoms with E-state index >= 15 is 0 Å². The van der Waals surface area contributed by atoms with Crippen LogP contribution in [0.2, 0.25) is 0 Å². The molecule has 5 rings (SSSR count). The van der Waals surface area contributed by atoms with Crippen molar-refractivity contribution in [3.63, 3.8) is 0 Å². The third-order valence-electron chi connectivity index (χ3n) is 7.41. The number of ether oxygens (including phenoxy) is 1. The molecule has 3 aromatic rings. The van der Waals surface area contributed by atoms with Gasteiger partial charge in [0, 0.05) is 12.6 Å². The zero-order valence-electron chi connectivity index (χ0n) is 21.0. The minimum Gasteiger partial charge on any atom is -0.481 e. The van der Waals surface area contributed by atoms with E-state index in [1.807, 2.05) is 0 Å². The molecule has 2 N–H and O–H groups in total. The topological polar surface area (TPSA) is 139 Å². The minimum absolute atomic E-state index is 0.0284. The van der Waals surface area contributed by atoms with Gasteiger partial charge in [0.1, 0.15) is 16.4 Å². The van der Waals surface area contributed by atoms with Gasteiger partial charge in [-0.3, -0.25) is 9.59 Å². The molecule has 3 heterocycles. The van der Waals surface area contributed by atoms with Crippen molar-refractivity contribution in [2.75, 3.05) is 19.0 Å². The summed E-state index contributed by atoms with van der Waals surface area (Å²) in [5.41, 5.74) is 1.38. The summed E-state index contributed by atoms with van der Waals surface area (Å²) in [4.78, 5) is 34.6. The number of thiazole rings is 1. The second-order valence-electron chi connectivity index (χ2n) is 9.81. The number of carbonyl (C=O) groups is 2. The van der Waals surface area contributed by atoms with Crippen LogP contribution >= 0.6 is 11.3 Å². The predicted octanol–water partition coefficient (Wildman–Crippen LogP) is 4.24. The maximum Gasteiger partial charge on any atom is 0.322 e. The Balaban J connectivity index is 1.39. The molecule has 0 bridgehead atoms. The van der Waals surface area contributed by atoms with Gasteiger partial charge in [0.15, 0.2) is 5.13 Å². The zero-order chi connectivity index (χ0) is 26.9. The number of anilines is 1. The van der Waals surface area contributed by atoms with E-state index in [0.29, 0.717) is 52.1 Å².